The SMILES string of the molecule is Oc1ccc(C[C@H](O)NCCCCCCOCC(F)(F)c2ccccc2)c2cccnc12. The molecule has 3 aromatic rings. The average molecular weight is 445 g/mol. The van der Waals surface area contributed by atoms with Crippen LogP contribution in [0, 0.1) is 0 Å². The summed E-state index contributed by atoms with van der Waals surface area (Å²) in [6, 6.07) is 14.8. The fraction of sp³-hybridized carbons (Fsp3) is 0.400. The van der Waals surface area contributed by atoms with Gasteiger partial charge in [-0.2, -0.15) is 8.78 Å². The third-order valence-corrected chi connectivity index (χ3v) is 5.33. The Morgan fingerprint density at radius 2 is 1.75 bits per heavy atom. The van der Waals surface area contributed by atoms with Gasteiger partial charge >= 0.3 is 0 Å². The summed E-state index contributed by atoms with van der Waals surface area (Å²) < 4.78 is 33.2. The summed E-state index contributed by atoms with van der Waals surface area (Å²) in [6.45, 7) is 0.356. The molecule has 0 amide bonds. The molecule has 172 valence electrons. The summed E-state index contributed by atoms with van der Waals surface area (Å²) in [5.41, 5.74) is 1.41. The number of rotatable bonds is 13. The maximum atomic E-state index is 14.0. The van der Waals surface area contributed by atoms with Crippen LogP contribution >= 0.6 is 0 Å². The molecular weight excluding hydrogens is 414 g/mol. The summed E-state index contributed by atoms with van der Waals surface area (Å²) in [5.74, 6) is -2.85. The first-order valence-electron chi connectivity index (χ1n) is 11.0. The number of hydrogen-bond donors (Lipinski definition) is 3. The van der Waals surface area contributed by atoms with Crippen LogP contribution in [0.2, 0.25) is 0 Å². The zero-order chi connectivity index (χ0) is 22.8. The van der Waals surface area contributed by atoms with Crippen molar-refractivity contribution in [2.45, 2.75) is 44.3 Å². The van der Waals surface area contributed by atoms with Gasteiger partial charge in [0.15, 0.2) is 0 Å². The van der Waals surface area contributed by atoms with Crippen LogP contribution in [0.3, 0.4) is 0 Å². The van der Waals surface area contributed by atoms with Crippen molar-refractivity contribution in [1.82, 2.24) is 10.3 Å². The molecule has 5 nitrogen and oxygen atoms in total. The van der Waals surface area contributed by atoms with Crippen LogP contribution in [0.25, 0.3) is 10.9 Å². The third kappa shape index (κ3) is 6.95. The zero-order valence-electron chi connectivity index (χ0n) is 18.0. The summed E-state index contributed by atoms with van der Waals surface area (Å²) in [4.78, 5) is 4.19. The molecule has 0 saturated heterocycles. The van der Waals surface area contributed by atoms with Gasteiger partial charge in [0, 0.05) is 30.2 Å². The van der Waals surface area contributed by atoms with Crippen LogP contribution in [0.15, 0.2) is 60.8 Å². The summed E-state index contributed by atoms with van der Waals surface area (Å²) >= 11 is 0. The molecule has 2 aromatic carbocycles. The molecule has 0 unspecified atom stereocenters. The number of phenols is 1. The van der Waals surface area contributed by atoms with Crippen molar-refractivity contribution in [1.29, 1.82) is 0 Å². The van der Waals surface area contributed by atoms with Gasteiger partial charge in [0.2, 0.25) is 0 Å². The van der Waals surface area contributed by atoms with Gasteiger partial charge in [-0.15, -0.1) is 0 Å². The molecule has 0 spiro atoms. The van der Waals surface area contributed by atoms with E-state index >= 15 is 0 Å². The van der Waals surface area contributed by atoms with E-state index in [0.29, 0.717) is 25.1 Å². The van der Waals surface area contributed by atoms with Crippen LogP contribution < -0.4 is 5.32 Å². The van der Waals surface area contributed by atoms with E-state index in [2.05, 4.69) is 10.3 Å². The van der Waals surface area contributed by atoms with Gasteiger partial charge < -0.3 is 14.9 Å². The van der Waals surface area contributed by atoms with E-state index in [0.717, 1.165) is 36.6 Å². The number of nitrogens with one attached hydrogen (secondary N) is 1. The monoisotopic (exact) mass is 444 g/mol. The van der Waals surface area contributed by atoms with Gasteiger partial charge in [-0.3, -0.25) is 10.3 Å². The zero-order valence-corrected chi connectivity index (χ0v) is 18.0. The molecule has 0 aliphatic rings. The van der Waals surface area contributed by atoms with E-state index in [1.807, 2.05) is 6.07 Å². The maximum absolute atomic E-state index is 14.0. The number of hydrogen-bond acceptors (Lipinski definition) is 5. The lowest BCUT2D eigenvalue weighted by atomic mass is 10.0. The average Bonchev–Trinajstić information content (AvgIpc) is 2.80. The van der Waals surface area contributed by atoms with E-state index in [1.54, 1.807) is 42.6 Å². The molecule has 1 aromatic heterocycles. The molecular formula is C25H30F2N2O3. The van der Waals surface area contributed by atoms with Gasteiger partial charge in [0.1, 0.15) is 24.1 Å². The Morgan fingerprint density at radius 3 is 2.56 bits per heavy atom. The number of benzene rings is 2. The Labute approximate surface area is 187 Å². The molecule has 0 fully saturated rings. The number of aromatic hydroxyl groups is 1. The van der Waals surface area contributed by atoms with E-state index in [9.17, 15) is 19.0 Å². The highest BCUT2D eigenvalue weighted by molar-refractivity contribution is 5.87. The highest BCUT2D eigenvalue weighted by Crippen LogP contribution is 2.28. The second-order valence-corrected chi connectivity index (χ2v) is 7.85. The standard InChI is InChI=1S/C25H30F2N2O3/c26-25(27,20-9-4-3-5-10-20)18-32-16-7-2-1-6-14-28-23(31)17-19-12-13-22(30)24-21(19)11-8-15-29-24/h3-5,8-13,15,23,28,30-31H,1-2,6-7,14,16-18H2/t23-/m0/s1. The first-order chi connectivity index (χ1) is 15.5. The second-order valence-electron chi connectivity index (χ2n) is 7.85. The minimum absolute atomic E-state index is 0.0267. The summed E-state index contributed by atoms with van der Waals surface area (Å²) in [5, 5.41) is 24.1. The van der Waals surface area contributed by atoms with Gasteiger partial charge in [-0.05, 0) is 37.1 Å². The molecule has 1 atom stereocenters. The Morgan fingerprint density at radius 1 is 0.969 bits per heavy atom. The largest absolute Gasteiger partial charge is 0.506 e. The number of alkyl halides is 2. The lowest BCUT2D eigenvalue weighted by molar-refractivity contribution is -0.0831. The highest BCUT2D eigenvalue weighted by Gasteiger charge is 2.31. The molecule has 3 rings (SSSR count). The van der Waals surface area contributed by atoms with Crippen molar-refractivity contribution in [2.24, 2.45) is 0 Å². The van der Waals surface area contributed by atoms with E-state index in [4.69, 9.17) is 4.74 Å². The van der Waals surface area contributed by atoms with Crippen molar-refractivity contribution < 1.29 is 23.7 Å². The van der Waals surface area contributed by atoms with Gasteiger partial charge in [0.25, 0.3) is 5.92 Å². The number of phenolic OH excluding ortho intramolecular Hbond substituents is 1. The minimum atomic E-state index is -2.97. The summed E-state index contributed by atoms with van der Waals surface area (Å²) in [7, 11) is 0. The maximum Gasteiger partial charge on any atom is 0.296 e. The Kier molecular flexibility index (Phi) is 8.90. The van der Waals surface area contributed by atoms with Crippen molar-refractivity contribution in [3.05, 3.63) is 71.9 Å². The van der Waals surface area contributed by atoms with Crippen molar-refractivity contribution >= 4 is 10.9 Å². The number of ether oxygens (including phenoxy) is 1. The van der Waals surface area contributed by atoms with Crippen LogP contribution in [0.4, 0.5) is 8.78 Å². The number of unbranched alkanes of at least 4 members (excludes halogenated alkanes) is 3. The van der Waals surface area contributed by atoms with Crippen LogP contribution in [-0.4, -0.2) is 41.2 Å². The Bertz CT molecular complexity index is 970. The van der Waals surface area contributed by atoms with E-state index in [1.165, 1.54) is 12.1 Å². The lowest BCUT2D eigenvalue weighted by Gasteiger charge is -2.16. The van der Waals surface area contributed by atoms with Crippen molar-refractivity contribution in [2.75, 3.05) is 19.8 Å². The Balaban J connectivity index is 1.27. The summed E-state index contributed by atoms with van der Waals surface area (Å²) in [6.07, 6.45) is 4.72. The molecule has 0 bridgehead atoms. The topological polar surface area (TPSA) is 74.6 Å². The lowest BCUT2D eigenvalue weighted by Crippen LogP contribution is -2.31. The molecule has 0 aliphatic carbocycles. The molecule has 0 aliphatic heterocycles. The molecule has 32 heavy (non-hydrogen) atoms. The number of aromatic nitrogens is 1. The predicted molar refractivity (Wildman–Crippen MR) is 121 cm³/mol. The molecule has 0 saturated carbocycles. The Hall–Kier alpha value is -2.61. The number of pyridine rings is 1. The van der Waals surface area contributed by atoms with Crippen LogP contribution in [-0.2, 0) is 17.1 Å². The molecule has 0 radical (unpaired) electrons. The number of aliphatic hydroxyl groups excluding tert-OH is 1. The van der Waals surface area contributed by atoms with E-state index in [-0.39, 0.29) is 11.3 Å². The molecule has 1 heterocycles. The fourth-order valence-corrected chi connectivity index (χ4v) is 3.59. The first kappa shape index (κ1) is 24.0. The number of fused-ring (bicyclic) bond motifs is 1. The third-order valence-electron chi connectivity index (χ3n) is 5.33. The highest BCUT2D eigenvalue weighted by atomic mass is 19.3. The van der Waals surface area contributed by atoms with Gasteiger partial charge in [-0.1, -0.05) is 55.3 Å². The quantitative estimate of drug-likeness (QED) is 0.262. The van der Waals surface area contributed by atoms with Gasteiger partial charge in [0.05, 0.1) is 0 Å². The number of aliphatic hydroxyl groups is 1. The fourth-order valence-electron chi connectivity index (χ4n) is 3.59. The minimum Gasteiger partial charge on any atom is -0.506 e. The molecule has 3 N–H and O–H groups in total. The van der Waals surface area contributed by atoms with E-state index < -0.39 is 18.8 Å². The smallest absolute Gasteiger partial charge is 0.296 e. The van der Waals surface area contributed by atoms with Gasteiger partial charge in [-0.25, -0.2) is 0 Å². The van der Waals surface area contributed by atoms with Crippen LogP contribution in [0.5, 0.6) is 5.75 Å². The van der Waals surface area contributed by atoms with Crippen molar-refractivity contribution in [3.63, 3.8) is 0 Å². The molecule has 7 heteroatoms. The van der Waals surface area contributed by atoms with Crippen molar-refractivity contribution in [3.8, 4) is 5.75 Å². The number of nitrogens with zero attached hydrogens (tertiary/aromatic N) is 1. The second kappa shape index (κ2) is 11.9. The predicted octanol–water partition coefficient (Wildman–Crippen LogP) is 4.76. The normalized spacial score (nSPS) is 12.8. The van der Waals surface area contributed by atoms with Crippen LogP contribution in [0.1, 0.15) is 36.8 Å². The number of halogens is 2. The first-order valence-corrected chi connectivity index (χ1v) is 11.0.